The summed E-state index contributed by atoms with van der Waals surface area (Å²) in [7, 11) is 1.64. The van der Waals surface area contributed by atoms with Crippen LogP contribution in [0, 0.1) is 13.8 Å². The maximum Gasteiger partial charge on any atom is 0.138 e. The topological polar surface area (TPSA) is 18.5 Å². The molecule has 1 aromatic carbocycles. The molecule has 0 spiro atoms. The van der Waals surface area contributed by atoms with Crippen LogP contribution in [-0.2, 0) is 4.74 Å². The second kappa shape index (κ2) is 5.23. The average molecular weight is 215 g/mol. The highest BCUT2D eigenvalue weighted by Gasteiger charge is 2.03. The molecule has 0 fully saturated rings. The maximum atomic E-state index is 6.01. The minimum Gasteiger partial charge on any atom is -0.490 e. The van der Waals surface area contributed by atoms with Crippen molar-refractivity contribution in [2.45, 2.75) is 13.8 Å². The van der Waals surface area contributed by atoms with Gasteiger partial charge in [-0.1, -0.05) is 11.6 Å². The fourth-order valence-electron chi connectivity index (χ4n) is 1.10. The molecule has 0 amide bonds. The van der Waals surface area contributed by atoms with E-state index in [9.17, 15) is 0 Å². The molecule has 0 aromatic heterocycles. The highest BCUT2D eigenvalue weighted by atomic mass is 35.5. The van der Waals surface area contributed by atoms with Gasteiger partial charge in [0, 0.05) is 7.11 Å². The molecule has 0 atom stereocenters. The van der Waals surface area contributed by atoms with Gasteiger partial charge in [0.15, 0.2) is 0 Å². The van der Waals surface area contributed by atoms with E-state index >= 15 is 0 Å². The number of halogens is 1. The van der Waals surface area contributed by atoms with E-state index in [0.717, 1.165) is 5.75 Å². The van der Waals surface area contributed by atoms with E-state index in [0.29, 0.717) is 18.2 Å². The highest BCUT2D eigenvalue weighted by Crippen LogP contribution is 2.27. The van der Waals surface area contributed by atoms with Gasteiger partial charge in [0.25, 0.3) is 0 Å². The zero-order valence-electron chi connectivity index (χ0n) is 8.76. The van der Waals surface area contributed by atoms with Crippen molar-refractivity contribution in [3.63, 3.8) is 0 Å². The summed E-state index contributed by atoms with van der Waals surface area (Å²) in [5.74, 6) is 0.729. The largest absolute Gasteiger partial charge is 0.490 e. The summed E-state index contributed by atoms with van der Waals surface area (Å²) in [6.07, 6.45) is 0. The van der Waals surface area contributed by atoms with E-state index in [-0.39, 0.29) is 0 Å². The van der Waals surface area contributed by atoms with E-state index < -0.39 is 0 Å². The van der Waals surface area contributed by atoms with Crippen molar-refractivity contribution in [3.05, 3.63) is 28.3 Å². The third-order valence-electron chi connectivity index (χ3n) is 2.09. The number of methoxy groups -OCH3 is 1. The molecule has 0 radical (unpaired) electrons. The van der Waals surface area contributed by atoms with Crippen molar-refractivity contribution in [1.29, 1.82) is 0 Å². The van der Waals surface area contributed by atoms with Gasteiger partial charge in [0.05, 0.1) is 11.6 Å². The van der Waals surface area contributed by atoms with E-state index in [1.807, 2.05) is 26.0 Å². The second-order valence-corrected chi connectivity index (χ2v) is 3.62. The molecular formula is C11H15ClO2. The fourth-order valence-corrected chi connectivity index (χ4v) is 1.37. The molecule has 2 nitrogen and oxygen atoms in total. The van der Waals surface area contributed by atoms with Crippen LogP contribution in [0.3, 0.4) is 0 Å². The minimum absolute atomic E-state index is 0.527. The van der Waals surface area contributed by atoms with Gasteiger partial charge in [-0.05, 0) is 37.1 Å². The normalized spacial score (nSPS) is 10.3. The van der Waals surface area contributed by atoms with Crippen molar-refractivity contribution < 1.29 is 9.47 Å². The predicted octanol–water partition coefficient (Wildman–Crippen LogP) is 2.98. The molecule has 0 aliphatic rings. The standard InChI is InChI=1S/C11H15ClO2/c1-8-6-10(12)11(7-9(8)2)14-5-4-13-3/h6-7H,4-5H2,1-3H3. The van der Waals surface area contributed by atoms with Crippen molar-refractivity contribution in [1.82, 2.24) is 0 Å². The van der Waals surface area contributed by atoms with E-state index in [1.165, 1.54) is 11.1 Å². The monoisotopic (exact) mass is 214 g/mol. The Balaban J connectivity index is 2.72. The highest BCUT2D eigenvalue weighted by molar-refractivity contribution is 6.32. The number of hydrogen-bond acceptors (Lipinski definition) is 2. The Morgan fingerprint density at radius 3 is 2.43 bits per heavy atom. The Morgan fingerprint density at radius 2 is 1.79 bits per heavy atom. The first-order chi connectivity index (χ1) is 6.65. The van der Waals surface area contributed by atoms with Gasteiger partial charge in [-0.15, -0.1) is 0 Å². The van der Waals surface area contributed by atoms with Crippen LogP contribution in [0.25, 0.3) is 0 Å². The van der Waals surface area contributed by atoms with Gasteiger partial charge in [-0.2, -0.15) is 0 Å². The lowest BCUT2D eigenvalue weighted by Crippen LogP contribution is -2.04. The average Bonchev–Trinajstić information content (AvgIpc) is 2.14. The van der Waals surface area contributed by atoms with Crippen molar-refractivity contribution in [2.24, 2.45) is 0 Å². The van der Waals surface area contributed by atoms with Crippen molar-refractivity contribution >= 4 is 11.6 Å². The van der Waals surface area contributed by atoms with Crippen LogP contribution < -0.4 is 4.74 Å². The second-order valence-electron chi connectivity index (χ2n) is 3.21. The minimum atomic E-state index is 0.527. The number of ether oxygens (including phenoxy) is 2. The summed E-state index contributed by atoms with van der Waals surface area (Å²) in [4.78, 5) is 0. The summed E-state index contributed by atoms with van der Waals surface area (Å²) in [5.41, 5.74) is 2.36. The van der Waals surface area contributed by atoms with E-state index in [2.05, 4.69) is 0 Å². The lowest BCUT2D eigenvalue weighted by molar-refractivity contribution is 0.146. The van der Waals surface area contributed by atoms with Gasteiger partial charge in [0.1, 0.15) is 12.4 Å². The number of rotatable bonds is 4. The molecule has 3 heteroatoms. The number of hydrogen-bond donors (Lipinski definition) is 0. The van der Waals surface area contributed by atoms with Gasteiger partial charge < -0.3 is 9.47 Å². The predicted molar refractivity (Wildman–Crippen MR) is 58.3 cm³/mol. The molecule has 14 heavy (non-hydrogen) atoms. The van der Waals surface area contributed by atoms with Crippen LogP contribution in [0.2, 0.25) is 5.02 Å². The molecule has 1 aromatic rings. The summed E-state index contributed by atoms with van der Waals surface area (Å²) in [6.45, 7) is 5.16. The van der Waals surface area contributed by atoms with Crippen LogP contribution in [0.1, 0.15) is 11.1 Å². The van der Waals surface area contributed by atoms with Crippen molar-refractivity contribution in [3.8, 4) is 5.75 Å². The first kappa shape index (κ1) is 11.3. The Hall–Kier alpha value is -0.730. The van der Waals surface area contributed by atoms with Crippen LogP contribution >= 0.6 is 11.6 Å². The lowest BCUT2D eigenvalue weighted by atomic mass is 10.1. The van der Waals surface area contributed by atoms with E-state index in [4.69, 9.17) is 21.1 Å². The summed E-state index contributed by atoms with van der Waals surface area (Å²) in [5, 5.41) is 0.657. The Bertz CT molecular complexity index is 310. The summed E-state index contributed by atoms with van der Waals surface area (Å²) >= 11 is 6.01. The number of aryl methyl sites for hydroxylation is 2. The zero-order valence-corrected chi connectivity index (χ0v) is 9.52. The van der Waals surface area contributed by atoms with Crippen LogP contribution in [0.4, 0.5) is 0 Å². The number of benzene rings is 1. The van der Waals surface area contributed by atoms with Gasteiger partial charge in [0.2, 0.25) is 0 Å². The van der Waals surface area contributed by atoms with Crippen LogP contribution in [0.5, 0.6) is 5.75 Å². The lowest BCUT2D eigenvalue weighted by Gasteiger charge is -2.09. The quantitative estimate of drug-likeness (QED) is 0.718. The zero-order chi connectivity index (χ0) is 10.6. The smallest absolute Gasteiger partial charge is 0.138 e. The Labute approximate surface area is 89.8 Å². The molecule has 0 heterocycles. The Morgan fingerprint density at radius 1 is 1.14 bits per heavy atom. The fraction of sp³-hybridized carbons (Fsp3) is 0.455. The summed E-state index contributed by atoms with van der Waals surface area (Å²) in [6, 6.07) is 3.87. The first-order valence-electron chi connectivity index (χ1n) is 4.53. The molecule has 0 bridgehead atoms. The van der Waals surface area contributed by atoms with Gasteiger partial charge in [-0.25, -0.2) is 0 Å². The van der Waals surface area contributed by atoms with E-state index in [1.54, 1.807) is 7.11 Å². The first-order valence-corrected chi connectivity index (χ1v) is 4.91. The summed E-state index contributed by atoms with van der Waals surface area (Å²) < 4.78 is 10.3. The Kier molecular flexibility index (Phi) is 4.23. The molecule has 0 saturated carbocycles. The molecule has 78 valence electrons. The van der Waals surface area contributed by atoms with Crippen LogP contribution in [0.15, 0.2) is 12.1 Å². The molecular weight excluding hydrogens is 200 g/mol. The molecule has 1 rings (SSSR count). The molecule has 0 aliphatic carbocycles. The SMILES string of the molecule is COCCOc1cc(C)c(C)cc1Cl. The van der Waals surface area contributed by atoms with Crippen molar-refractivity contribution in [2.75, 3.05) is 20.3 Å². The molecule has 0 aliphatic heterocycles. The third kappa shape index (κ3) is 2.89. The van der Waals surface area contributed by atoms with Gasteiger partial charge >= 0.3 is 0 Å². The van der Waals surface area contributed by atoms with Crippen LogP contribution in [-0.4, -0.2) is 20.3 Å². The molecule has 0 saturated heterocycles. The van der Waals surface area contributed by atoms with Gasteiger partial charge in [-0.3, -0.25) is 0 Å². The molecule has 0 N–H and O–H groups in total. The maximum absolute atomic E-state index is 6.01. The third-order valence-corrected chi connectivity index (χ3v) is 2.39. The molecule has 0 unspecified atom stereocenters.